The summed E-state index contributed by atoms with van der Waals surface area (Å²) in [7, 11) is 1.43. The lowest BCUT2D eigenvalue weighted by Crippen LogP contribution is -2.50. The molecule has 0 rings (SSSR count). The largest absolute Gasteiger partial charge is 0.464 e. The number of rotatable bonds is 9. The lowest BCUT2D eigenvalue weighted by atomic mass is 10.2. The molecule has 0 unspecified atom stereocenters. The molecule has 152 valence electrons. The molecule has 0 fully saturated rings. The van der Waals surface area contributed by atoms with Crippen molar-refractivity contribution in [2.24, 2.45) is 11.8 Å². The number of hydrogen-bond donors (Lipinski definition) is 0. The number of carbonyl (C=O) groups excluding carboxylic acids is 3. The fraction of sp³-hybridized carbons (Fsp3) is 0.833. The van der Waals surface area contributed by atoms with E-state index in [4.69, 9.17) is 14.2 Å². The van der Waals surface area contributed by atoms with Crippen LogP contribution in [0.2, 0.25) is 0 Å². The Morgan fingerprint density at radius 1 is 0.846 bits per heavy atom. The third kappa shape index (κ3) is 11.7. The molecular formula is C18H34N2O6. The molecule has 0 radical (unpaired) electrons. The van der Waals surface area contributed by atoms with Gasteiger partial charge in [0.1, 0.15) is 18.7 Å². The third-order valence-corrected chi connectivity index (χ3v) is 2.86. The Morgan fingerprint density at radius 2 is 1.23 bits per heavy atom. The van der Waals surface area contributed by atoms with E-state index < -0.39 is 23.6 Å². The molecule has 0 aliphatic carbocycles. The second-order valence-electron chi connectivity index (χ2n) is 7.98. The van der Waals surface area contributed by atoms with Crippen LogP contribution in [0.4, 0.5) is 4.79 Å². The lowest BCUT2D eigenvalue weighted by molar-refractivity contribution is -0.156. The molecule has 0 aromatic carbocycles. The van der Waals surface area contributed by atoms with Crippen LogP contribution in [0.15, 0.2) is 0 Å². The summed E-state index contributed by atoms with van der Waals surface area (Å²) in [6.07, 6.45) is -0.675. The number of amides is 1. The van der Waals surface area contributed by atoms with Crippen LogP contribution in [-0.4, -0.2) is 67.0 Å². The Balaban J connectivity index is 4.98. The van der Waals surface area contributed by atoms with E-state index in [-0.39, 0.29) is 38.1 Å². The van der Waals surface area contributed by atoms with Gasteiger partial charge < -0.3 is 14.2 Å². The van der Waals surface area contributed by atoms with Crippen molar-refractivity contribution >= 4 is 18.0 Å². The minimum Gasteiger partial charge on any atom is -0.464 e. The van der Waals surface area contributed by atoms with Crippen molar-refractivity contribution in [2.75, 3.05) is 33.4 Å². The average Bonchev–Trinajstić information content (AvgIpc) is 2.47. The number of carbonyl (C=O) groups is 3. The molecule has 0 atom stereocenters. The van der Waals surface area contributed by atoms with Crippen molar-refractivity contribution in [2.45, 2.75) is 54.1 Å². The topological polar surface area (TPSA) is 85.4 Å². The van der Waals surface area contributed by atoms with Gasteiger partial charge >= 0.3 is 18.0 Å². The van der Waals surface area contributed by atoms with Crippen LogP contribution in [0.1, 0.15) is 48.5 Å². The van der Waals surface area contributed by atoms with Crippen molar-refractivity contribution in [3.63, 3.8) is 0 Å². The van der Waals surface area contributed by atoms with Gasteiger partial charge in [-0.05, 0) is 32.6 Å². The van der Waals surface area contributed by atoms with E-state index in [1.165, 1.54) is 12.1 Å². The summed E-state index contributed by atoms with van der Waals surface area (Å²) in [5, 5.41) is 2.35. The first-order valence-corrected chi connectivity index (χ1v) is 8.84. The predicted molar refractivity (Wildman–Crippen MR) is 97.2 cm³/mol. The van der Waals surface area contributed by atoms with Gasteiger partial charge in [-0.3, -0.25) is 9.59 Å². The Kier molecular flexibility index (Phi) is 10.2. The van der Waals surface area contributed by atoms with E-state index >= 15 is 0 Å². The standard InChI is InChI=1S/C18H34N2O6/c1-13(2)11-24-15(21)9-20(10-16(22)25-12-14(3)4)19(8)17(23)26-18(5,6)7/h13-14H,9-12H2,1-8H3. The summed E-state index contributed by atoms with van der Waals surface area (Å²) in [4.78, 5) is 36.3. The molecule has 0 bridgehead atoms. The zero-order valence-corrected chi connectivity index (χ0v) is 17.3. The molecule has 0 aliphatic heterocycles. The van der Waals surface area contributed by atoms with Crippen LogP contribution >= 0.6 is 0 Å². The van der Waals surface area contributed by atoms with Crippen molar-refractivity contribution in [1.82, 2.24) is 10.0 Å². The maximum absolute atomic E-state index is 12.3. The Hall–Kier alpha value is -1.83. The second-order valence-corrected chi connectivity index (χ2v) is 7.98. The Morgan fingerprint density at radius 3 is 1.54 bits per heavy atom. The predicted octanol–water partition coefficient (Wildman–Crippen LogP) is 2.47. The SMILES string of the molecule is CC(C)COC(=O)CN(CC(=O)OCC(C)C)N(C)C(=O)OC(C)(C)C. The van der Waals surface area contributed by atoms with Gasteiger partial charge in [-0.1, -0.05) is 27.7 Å². The quantitative estimate of drug-likeness (QED) is 0.348. The lowest BCUT2D eigenvalue weighted by Gasteiger charge is -2.32. The highest BCUT2D eigenvalue weighted by Gasteiger charge is 2.28. The summed E-state index contributed by atoms with van der Waals surface area (Å²) in [6.45, 7) is 12.9. The summed E-state index contributed by atoms with van der Waals surface area (Å²) >= 11 is 0. The van der Waals surface area contributed by atoms with Crippen LogP contribution < -0.4 is 0 Å². The number of ether oxygens (including phenoxy) is 3. The summed E-state index contributed by atoms with van der Waals surface area (Å²) in [5.74, 6) is -0.699. The van der Waals surface area contributed by atoms with E-state index in [0.717, 1.165) is 5.01 Å². The molecule has 0 aromatic rings. The highest BCUT2D eigenvalue weighted by atomic mass is 16.6. The molecule has 0 heterocycles. The number of hydrazine groups is 1. The van der Waals surface area contributed by atoms with Gasteiger partial charge in [0.25, 0.3) is 0 Å². The van der Waals surface area contributed by atoms with Gasteiger partial charge in [-0.2, -0.15) is 5.01 Å². The molecule has 0 saturated carbocycles. The zero-order valence-electron chi connectivity index (χ0n) is 17.3. The fourth-order valence-electron chi connectivity index (χ4n) is 1.62. The van der Waals surface area contributed by atoms with E-state index in [0.29, 0.717) is 0 Å². The van der Waals surface area contributed by atoms with Crippen LogP contribution in [0.25, 0.3) is 0 Å². The van der Waals surface area contributed by atoms with Gasteiger partial charge in [-0.15, -0.1) is 0 Å². The van der Waals surface area contributed by atoms with Gasteiger partial charge in [0.2, 0.25) is 0 Å². The van der Waals surface area contributed by atoms with Gasteiger partial charge in [0.15, 0.2) is 0 Å². The van der Waals surface area contributed by atoms with Crippen molar-refractivity contribution in [3.8, 4) is 0 Å². The molecule has 1 amide bonds. The minimum atomic E-state index is -0.701. The van der Waals surface area contributed by atoms with E-state index in [1.54, 1.807) is 20.8 Å². The third-order valence-electron chi connectivity index (χ3n) is 2.86. The maximum atomic E-state index is 12.3. The van der Waals surface area contributed by atoms with Gasteiger partial charge in [-0.25, -0.2) is 9.80 Å². The number of esters is 2. The second kappa shape index (κ2) is 11.0. The Bertz CT molecular complexity index is 445. The Labute approximate surface area is 156 Å². The van der Waals surface area contributed by atoms with Gasteiger partial charge in [0.05, 0.1) is 13.2 Å². The highest BCUT2D eigenvalue weighted by Crippen LogP contribution is 2.11. The van der Waals surface area contributed by atoms with Crippen LogP contribution in [0.5, 0.6) is 0 Å². The van der Waals surface area contributed by atoms with Crippen molar-refractivity contribution in [3.05, 3.63) is 0 Å². The molecule has 0 aromatic heterocycles. The normalized spacial score (nSPS) is 11.7. The monoisotopic (exact) mass is 374 g/mol. The molecular weight excluding hydrogens is 340 g/mol. The maximum Gasteiger partial charge on any atom is 0.424 e. The van der Waals surface area contributed by atoms with Crippen molar-refractivity contribution < 1.29 is 28.6 Å². The molecule has 0 spiro atoms. The van der Waals surface area contributed by atoms with E-state index in [1.807, 2.05) is 27.7 Å². The zero-order chi connectivity index (χ0) is 20.5. The smallest absolute Gasteiger partial charge is 0.424 e. The first-order chi connectivity index (χ1) is 11.8. The molecule has 0 N–H and O–H groups in total. The molecule has 0 saturated heterocycles. The summed E-state index contributed by atoms with van der Waals surface area (Å²) in [5.41, 5.74) is -0.701. The van der Waals surface area contributed by atoms with Crippen molar-refractivity contribution in [1.29, 1.82) is 0 Å². The minimum absolute atomic E-state index is 0.187. The fourth-order valence-corrected chi connectivity index (χ4v) is 1.62. The first kappa shape index (κ1) is 24.2. The van der Waals surface area contributed by atoms with E-state index in [9.17, 15) is 14.4 Å². The molecule has 8 heteroatoms. The molecule has 8 nitrogen and oxygen atoms in total. The summed E-state index contributed by atoms with van der Waals surface area (Å²) < 4.78 is 15.5. The van der Waals surface area contributed by atoms with Crippen LogP contribution in [0.3, 0.4) is 0 Å². The van der Waals surface area contributed by atoms with Gasteiger partial charge in [0, 0.05) is 7.05 Å². The molecule has 0 aliphatic rings. The van der Waals surface area contributed by atoms with E-state index in [2.05, 4.69) is 0 Å². The molecule has 26 heavy (non-hydrogen) atoms. The van der Waals surface area contributed by atoms with Crippen LogP contribution in [-0.2, 0) is 23.8 Å². The first-order valence-electron chi connectivity index (χ1n) is 8.84. The van der Waals surface area contributed by atoms with Crippen LogP contribution in [0, 0.1) is 11.8 Å². The highest BCUT2D eigenvalue weighted by molar-refractivity contribution is 5.76. The number of nitrogens with zero attached hydrogens (tertiary/aromatic N) is 2. The average molecular weight is 374 g/mol. The number of hydrogen-bond acceptors (Lipinski definition) is 7. The summed E-state index contributed by atoms with van der Waals surface area (Å²) in [6, 6.07) is 0.